The topological polar surface area (TPSA) is 42.4 Å². The molecule has 1 N–H and O–H groups in total. The summed E-state index contributed by atoms with van der Waals surface area (Å²) in [5.41, 5.74) is 2.29. The fraction of sp³-hybridized carbons (Fsp3) is 0.400. The monoisotopic (exact) mass is 277 g/mol. The number of ether oxygens (including phenoxy) is 1. The molecule has 1 aliphatic rings. The molecule has 0 saturated carbocycles. The van der Waals surface area contributed by atoms with Crippen molar-refractivity contribution >= 4 is 22.5 Å². The molecule has 0 saturated heterocycles. The number of hydrogen-bond donors (Lipinski definition) is 1. The van der Waals surface area contributed by atoms with Gasteiger partial charge in [0, 0.05) is 17.4 Å². The summed E-state index contributed by atoms with van der Waals surface area (Å²) in [5, 5.41) is 11.7. The van der Waals surface area contributed by atoms with Gasteiger partial charge in [-0.15, -0.1) is 0 Å². The second-order valence-corrected chi connectivity index (χ2v) is 6.14. The SMILES string of the molecule is Cc1cc(Cl)nc2cc3c(cc12)OC(C)(C)C[C@H]3O. The molecule has 0 amide bonds. The Morgan fingerprint density at radius 2 is 2.11 bits per heavy atom. The third-order valence-electron chi connectivity index (χ3n) is 3.55. The predicted molar refractivity (Wildman–Crippen MR) is 75.8 cm³/mol. The highest BCUT2D eigenvalue weighted by atomic mass is 35.5. The number of aliphatic hydroxyl groups is 1. The molecule has 3 rings (SSSR count). The van der Waals surface area contributed by atoms with Crippen molar-refractivity contribution in [2.75, 3.05) is 0 Å². The lowest BCUT2D eigenvalue weighted by Gasteiger charge is -2.35. The van der Waals surface area contributed by atoms with E-state index >= 15 is 0 Å². The molecule has 0 fully saturated rings. The summed E-state index contributed by atoms with van der Waals surface area (Å²) < 4.78 is 5.96. The van der Waals surface area contributed by atoms with Gasteiger partial charge in [0.1, 0.15) is 16.5 Å². The number of nitrogens with zero attached hydrogens (tertiary/aromatic N) is 1. The molecule has 0 unspecified atom stereocenters. The summed E-state index contributed by atoms with van der Waals surface area (Å²) in [4.78, 5) is 4.31. The molecule has 2 heterocycles. The summed E-state index contributed by atoms with van der Waals surface area (Å²) in [7, 11) is 0. The smallest absolute Gasteiger partial charge is 0.130 e. The van der Waals surface area contributed by atoms with Crippen LogP contribution < -0.4 is 4.74 Å². The summed E-state index contributed by atoms with van der Waals surface area (Å²) in [6, 6.07) is 5.66. The summed E-state index contributed by atoms with van der Waals surface area (Å²) in [5.74, 6) is 0.739. The number of aryl methyl sites for hydroxylation is 1. The number of rotatable bonds is 0. The first kappa shape index (κ1) is 12.7. The van der Waals surface area contributed by atoms with E-state index in [1.54, 1.807) is 0 Å². The Labute approximate surface area is 117 Å². The van der Waals surface area contributed by atoms with E-state index in [9.17, 15) is 5.11 Å². The first-order chi connectivity index (χ1) is 8.85. The highest BCUT2D eigenvalue weighted by molar-refractivity contribution is 6.29. The highest BCUT2D eigenvalue weighted by Crippen LogP contribution is 2.41. The van der Waals surface area contributed by atoms with Crippen LogP contribution in [0.3, 0.4) is 0 Å². The van der Waals surface area contributed by atoms with Crippen molar-refractivity contribution in [2.45, 2.75) is 38.9 Å². The largest absolute Gasteiger partial charge is 0.487 e. The minimum absolute atomic E-state index is 0.353. The van der Waals surface area contributed by atoms with E-state index in [1.165, 1.54) is 0 Å². The summed E-state index contributed by atoms with van der Waals surface area (Å²) in [6.45, 7) is 5.96. The quantitative estimate of drug-likeness (QED) is 0.745. The Hall–Kier alpha value is -1.32. The zero-order valence-electron chi connectivity index (χ0n) is 11.2. The molecular formula is C15H16ClNO2. The number of halogens is 1. The van der Waals surface area contributed by atoms with Crippen molar-refractivity contribution < 1.29 is 9.84 Å². The predicted octanol–water partition coefficient (Wildman–Crippen LogP) is 3.79. The molecule has 1 aliphatic heterocycles. The maximum atomic E-state index is 10.3. The summed E-state index contributed by atoms with van der Waals surface area (Å²) in [6.07, 6.45) is 0.0506. The number of pyridine rings is 1. The number of benzene rings is 1. The second kappa shape index (κ2) is 4.09. The zero-order chi connectivity index (χ0) is 13.8. The van der Waals surface area contributed by atoms with Gasteiger partial charge in [0.25, 0.3) is 0 Å². The molecule has 0 spiro atoms. The fourth-order valence-corrected chi connectivity index (χ4v) is 2.92. The van der Waals surface area contributed by atoms with Gasteiger partial charge in [0.2, 0.25) is 0 Å². The van der Waals surface area contributed by atoms with Crippen molar-refractivity contribution in [3.05, 3.63) is 34.5 Å². The number of aliphatic hydroxyl groups excluding tert-OH is 1. The second-order valence-electron chi connectivity index (χ2n) is 5.75. The third-order valence-corrected chi connectivity index (χ3v) is 3.74. The lowest BCUT2D eigenvalue weighted by molar-refractivity contribution is 0.0118. The van der Waals surface area contributed by atoms with Gasteiger partial charge in [0.05, 0.1) is 11.6 Å². The van der Waals surface area contributed by atoms with Crippen molar-refractivity contribution in [1.29, 1.82) is 0 Å². The third kappa shape index (κ3) is 2.17. The molecular weight excluding hydrogens is 262 g/mol. The van der Waals surface area contributed by atoms with Gasteiger partial charge in [-0.3, -0.25) is 0 Å². The maximum Gasteiger partial charge on any atom is 0.130 e. The van der Waals surface area contributed by atoms with Crippen molar-refractivity contribution in [3.63, 3.8) is 0 Å². The van der Waals surface area contributed by atoms with Crippen LogP contribution in [0.5, 0.6) is 5.75 Å². The van der Waals surface area contributed by atoms with Gasteiger partial charge >= 0.3 is 0 Å². The Bertz CT molecular complexity index is 667. The minimum Gasteiger partial charge on any atom is -0.487 e. The van der Waals surface area contributed by atoms with Crippen LogP contribution in [-0.4, -0.2) is 15.7 Å². The van der Waals surface area contributed by atoms with Crippen LogP contribution in [0.1, 0.15) is 37.5 Å². The molecule has 2 aromatic rings. The molecule has 4 heteroatoms. The van der Waals surface area contributed by atoms with Gasteiger partial charge in [-0.25, -0.2) is 4.98 Å². The van der Waals surface area contributed by atoms with Crippen molar-refractivity contribution in [2.24, 2.45) is 0 Å². The Balaban J connectivity index is 2.26. The van der Waals surface area contributed by atoms with E-state index < -0.39 is 6.10 Å². The van der Waals surface area contributed by atoms with Crippen LogP contribution >= 0.6 is 11.6 Å². The number of hydrogen-bond acceptors (Lipinski definition) is 3. The van der Waals surface area contributed by atoms with Gasteiger partial charge in [0.15, 0.2) is 0 Å². The average molecular weight is 278 g/mol. The fourth-order valence-electron chi connectivity index (χ4n) is 2.66. The molecule has 0 radical (unpaired) electrons. The Morgan fingerprint density at radius 1 is 1.37 bits per heavy atom. The number of fused-ring (bicyclic) bond motifs is 2. The normalized spacial score (nSPS) is 21.0. The molecule has 0 bridgehead atoms. The first-order valence-corrected chi connectivity index (χ1v) is 6.71. The van der Waals surface area contributed by atoms with Crippen LogP contribution in [-0.2, 0) is 0 Å². The van der Waals surface area contributed by atoms with E-state index in [0.717, 1.165) is 27.8 Å². The van der Waals surface area contributed by atoms with E-state index in [2.05, 4.69) is 4.98 Å². The van der Waals surface area contributed by atoms with Gasteiger partial charge < -0.3 is 9.84 Å². The van der Waals surface area contributed by atoms with E-state index in [0.29, 0.717) is 11.6 Å². The average Bonchev–Trinajstić information content (AvgIpc) is 2.26. The molecule has 19 heavy (non-hydrogen) atoms. The first-order valence-electron chi connectivity index (χ1n) is 6.34. The van der Waals surface area contributed by atoms with Crippen LogP contribution in [0.2, 0.25) is 5.15 Å². The van der Waals surface area contributed by atoms with Gasteiger partial charge in [-0.05, 0) is 44.5 Å². The van der Waals surface area contributed by atoms with Crippen LogP contribution in [0.4, 0.5) is 0 Å². The number of aromatic nitrogens is 1. The highest BCUT2D eigenvalue weighted by Gasteiger charge is 2.33. The van der Waals surface area contributed by atoms with Crippen molar-refractivity contribution in [3.8, 4) is 5.75 Å². The summed E-state index contributed by atoms with van der Waals surface area (Å²) >= 11 is 5.98. The lowest BCUT2D eigenvalue weighted by Crippen LogP contribution is -2.34. The Kier molecular flexibility index (Phi) is 2.73. The van der Waals surface area contributed by atoms with E-state index in [4.69, 9.17) is 16.3 Å². The van der Waals surface area contributed by atoms with E-state index in [-0.39, 0.29) is 5.60 Å². The van der Waals surface area contributed by atoms with Gasteiger partial charge in [-0.2, -0.15) is 0 Å². The standard InChI is InChI=1S/C15H16ClNO2/c1-8-4-14(16)17-11-5-10-12(18)7-15(2,3)19-13(10)6-9(8)11/h4-6,12,18H,7H2,1-3H3/t12-/m1/s1. The zero-order valence-corrected chi connectivity index (χ0v) is 12.0. The molecule has 0 aliphatic carbocycles. The molecule has 100 valence electrons. The van der Waals surface area contributed by atoms with Crippen LogP contribution in [0, 0.1) is 6.92 Å². The van der Waals surface area contributed by atoms with Crippen molar-refractivity contribution in [1.82, 2.24) is 4.98 Å². The van der Waals surface area contributed by atoms with Gasteiger partial charge in [-0.1, -0.05) is 11.6 Å². The molecule has 3 nitrogen and oxygen atoms in total. The van der Waals surface area contributed by atoms with E-state index in [1.807, 2.05) is 39.0 Å². The molecule has 1 aromatic heterocycles. The lowest BCUT2D eigenvalue weighted by atomic mass is 9.90. The molecule has 1 aromatic carbocycles. The van der Waals surface area contributed by atoms with Crippen LogP contribution in [0.25, 0.3) is 10.9 Å². The molecule has 1 atom stereocenters. The Morgan fingerprint density at radius 3 is 2.84 bits per heavy atom. The van der Waals surface area contributed by atoms with Crippen LogP contribution in [0.15, 0.2) is 18.2 Å². The maximum absolute atomic E-state index is 10.3. The minimum atomic E-state index is -0.524.